The number of hydrogen-bond donors (Lipinski definition) is 3. The van der Waals surface area contributed by atoms with Crippen LogP contribution in [0.3, 0.4) is 0 Å². The molecule has 0 unspecified atom stereocenters. The molecule has 130 valence electrons. The number of anilines is 1. The van der Waals surface area contributed by atoms with Crippen LogP contribution in [0.1, 0.15) is 27.3 Å². The predicted octanol–water partition coefficient (Wildman–Crippen LogP) is 4.13. The molecule has 0 bridgehead atoms. The summed E-state index contributed by atoms with van der Waals surface area (Å²) in [5.74, 6) is -0.223. The molecule has 0 saturated carbocycles. The average Bonchev–Trinajstić information content (AvgIpc) is 3.18. The van der Waals surface area contributed by atoms with Gasteiger partial charge in [-0.15, -0.1) is 0 Å². The molecule has 26 heavy (non-hydrogen) atoms. The highest BCUT2D eigenvalue weighted by Gasteiger charge is 2.14. The van der Waals surface area contributed by atoms with Crippen molar-refractivity contribution < 1.29 is 4.79 Å². The van der Waals surface area contributed by atoms with Crippen LogP contribution >= 0.6 is 0 Å². The highest BCUT2D eigenvalue weighted by Crippen LogP contribution is 2.25. The maximum absolute atomic E-state index is 12.4. The highest BCUT2D eigenvalue weighted by molar-refractivity contribution is 6.04. The van der Waals surface area contributed by atoms with E-state index in [0.29, 0.717) is 11.4 Å². The Kier molecular flexibility index (Phi) is 3.80. The Labute approximate surface area is 150 Å². The number of fused-ring (bicyclic) bond motifs is 1. The van der Waals surface area contributed by atoms with Crippen molar-refractivity contribution in [2.45, 2.75) is 20.8 Å². The SMILES string of the molecule is Cc1cccc(-c2cc3cc(NC(=O)c4[nH]nc(C)c4C)cnc3[nH]2)c1. The fourth-order valence-corrected chi connectivity index (χ4v) is 2.95. The molecule has 3 aromatic heterocycles. The third-order valence-corrected chi connectivity index (χ3v) is 4.54. The van der Waals surface area contributed by atoms with Crippen molar-refractivity contribution in [1.29, 1.82) is 0 Å². The topological polar surface area (TPSA) is 86.5 Å². The summed E-state index contributed by atoms with van der Waals surface area (Å²) >= 11 is 0. The summed E-state index contributed by atoms with van der Waals surface area (Å²) in [5, 5.41) is 10.7. The molecule has 0 fully saturated rings. The molecule has 0 saturated heterocycles. The Balaban J connectivity index is 1.63. The third kappa shape index (κ3) is 2.86. The van der Waals surface area contributed by atoms with Crippen LogP contribution in [0.4, 0.5) is 5.69 Å². The van der Waals surface area contributed by atoms with E-state index in [1.165, 1.54) is 5.56 Å². The summed E-state index contributed by atoms with van der Waals surface area (Å²) in [6.07, 6.45) is 1.65. The third-order valence-electron chi connectivity index (χ3n) is 4.54. The molecule has 0 radical (unpaired) electrons. The van der Waals surface area contributed by atoms with E-state index >= 15 is 0 Å². The largest absolute Gasteiger partial charge is 0.339 e. The van der Waals surface area contributed by atoms with Crippen LogP contribution in [0.5, 0.6) is 0 Å². The second-order valence-electron chi connectivity index (χ2n) is 6.48. The first-order chi connectivity index (χ1) is 12.5. The van der Waals surface area contributed by atoms with Crippen LogP contribution in [0.2, 0.25) is 0 Å². The molecule has 0 aliphatic rings. The van der Waals surface area contributed by atoms with Crippen LogP contribution in [0, 0.1) is 20.8 Å². The number of aromatic nitrogens is 4. The molecule has 3 N–H and O–H groups in total. The average molecular weight is 345 g/mol. The Morgan fingerprint density at radius 2 is 1.96 bits per heavy atom. The van der Waals surface area contributed by atoms with E-state index < -0.39 is 0 Å². The summed E-state index contributed by atoms with van der Waals surface area (Å²) in [7, 11) is 0. The summed E-state index contributed by atoms with van der Waals surface area (Å²) < 4.78 is 0. The maximum Gasteiger partial charge on any atom is 0.273 e. The minimum absolute atomic E-state index is 0.223. The minimum atomic E-state index is -0.223. The highest BCUT2D eigenvalue weighted by atomic mass is 16.1. The Bertz CT molecular complexity index is 1120. The van der Waals surface area contributed by atoms with Gasteiger partial charge in [-0.05, 0) is 44.5 Å². The lowest BCUT2D eigenvalue weighted by Crippen LogP contribution is -2.13. The van der Waals surface area contributed by atoms with Gasteiger partial charge in [0.05, 0.1) is 17.6 Å². The molecule has 6 heteroatoms. The zero-order valence-electron chi connectivity index (χ0n) is 14.8. The van der Waals surface area contributed by atoms with E-state index in [0.717, 1.165) is 33.5 Å². The molecule has 0 spiro atoms. The zero-order chi connectivity index (χ0) is 18.3. The first-order valence-corrected chi connectivity index (χ1v) is 8.40. The number of H-pyrrole nitrogens is 2. The first kappa shape index (κ1) is 16.1. The van der Waals surface area contributed by atoms with Gasteiger partial charge in [-0.2, -0.15) is 5.10 Å². The van der Waals surface area contributed by atoms with Crippen molar-refractivity contribution >= 4 is 22.6 Å². The minimum Gasteiger partial charge on any atom is -0.339 e. The van der Waals surface area contributed by atoms with Crippen molar-refractivity contribution in [3.8, 4) is 11.3 Å². The fraction of sp³-hybridized carbons (Fsp3) is 0.150. The summed E-state index contributed by atoms with van der Waals surface area (Å²) in [6, 6.07) is 12.2. The number of hydrogen-bond acceptors (Lipinski definition) is 3. The lowest BCUT2D eigenvalue weighted by molar-refractivity contribution is 0.102. The molecular formula is C20H19N5O. The number of nitrogens with zero attached hydrogens (tertiary/aromatic N) is 2. The van der Waals surface area contributed by atoms with Crippen molar-refractivity contribution in [2.24, 2.45) is 0 Å². The van der Waals surface area contributed by atoms with Gasteiger partial charge in [0.1, 0.15) is 11.3 Å². The number of amides is 1. The number of carbonyl (C=O) groups excluding carboxylic acids is 1. The van der Waals surface area contributed by atoms with Crippen LogP contribution in [0.25, 0.3) is 22.3 Å². The Hall–Kier alpha value is -3.41. The monoisotopic (exact) mass is 345 g/mol. The van der Waals surface area contributed by atoms with Crippen molar-refractivity contribution in [2.75, 3.05) is 5.32 Å². The van der Waals surface area contributed by atoms with E-state index in [4.69, 9.17) is 0 Å². The van der Waals surface area contributed by atoms with Crippen molar-refractivity contribution in [1.82, 2.24) is 20.2 Å². The number of pyridine rings is 1. The second kappa shape index (κ2) is 6.15. The van der Waals surface area contributed by atoms with Gasteiger partial charge in [0, 0.05) is 16.6 Å². The first-order valence-electron chi connectivity index (χ1n) is 8.40. The fourth-order valence-electron chi connectivity index (χ4n) is 2.95. The van der Waals surface area contributed by atoms with Crippen molar-refractivity contribution in [3.05, 3.63) is 65.1 Å². The van der Waals surface area contributed by atoms with E-state index in [2.05, 4.69) is 50.6 Å². The van der Waals surface area contributed by atoms with Gasteiger partial charge in [-0.1, -0.05) is 23.8 Å². The number of rotatable bonds is 3. The lowest BCUT2D eigenvalue weighted by atomic mass is 10.1. The van der Waals surface area contributed by atoms with Crippen LogP contribution in [-0.2, 0) is 0 Å². The van der Waals surface area contributed by atoms with Gasteiger partial charge in [0.15, 0.2) is 0 Å². The standard InChI is InChI=1S/C20H19N5O/c1-11-5-4-6-14(7-11)17-9-15-8-16(10-21-19(15)23-17)22-20(26)18-12(2)13(3)24-25-18/h4-10H,1-3H3,(H,21,23)(H,22,26)(H,24,25). The second-order valence-corrected chi connectivity index (χ2v) is 6.48. The van der Waals surface area contributed by atoms with E-state index in [1.54, 1.807) is 6.20 Å². The molecule has 4 rings (SSSR count). The van der Waals surface area contributed by atoms with Gasteiger partial charge >= 0.3 is 0 Å². The number of nitrogens with one attached hydrogen (secondary N) is 3. The maximum atomic E-state index is 12.4. The number of aromatic amines is 2. The molecule has 0 atom stereocenters. The Morgan fingerprint density at radius 1 is 1.12 bits per heavy atom. The normalized spacial score (nSPS) is 11.0. The summed E-state index contributed by atoms with van der Waals surface area (Å²) in [4.78, 5) is 20.2. The predicted molar refractivity (Wildman–Crippen MR) is 102 cm³/mol. The molecule has 1 aromatic carbocycles. The van der Waals surface area contributed by atoms with Gasteiger partial charge < -0.3 is 10.3 Å². The molecular weight excluding hydrogens is 326 g/mol. The van der Waals surface area contributed by atoms with E-state index in [1.807, 2.05) is 32.0 Å². The summed E-state index contributed by atoms with van der Waals surface area (Å²) in [6.45, 7) is 5.80. The van der Waals surface area contributed by atoms with Gasteiger partial charge in [0.2, 0.25) is 0 Å². The Morgan fingerprint density at radius 3 is 2.69 bits per heavy atom. The van der Waals surface area contributed by atoms with Crippen molar-refractivity contribution in [3.63, 3.8) is 0 Å². The van der Waals surface area contributed by atoms with Crippen LogP contribution < -0.4 is 5.32 Å². The smallest absolute Gasteiger partial charge is 0.273 e. The number of aryl methyl sites for hydroxylation is 2. The molecule has 4 aromatic rings. The summed E-state index contributed by atoms with van der Waals surface area (Å²) in [5.41, 5.74) is 6.87. The molecule has 1 amide bonds. The van der Waals surface area contributed by atoms with Gasteiger partial charge in [-0.25, -0.2) is 4.98 Å². The zero-order valence-corrected chi connectivity index (χ0v) is 14.8. The van der Waals surface area contributed by atoms with Crippen LogP contribution in [0.15, 0.2) is 42.6 Å². The molecule has 0 aliphatic heterocycles. The number of carbonyl (C=O) groups is 1. The molecule has 6 nitrogen and oxygen atoms in total. The van der Waals surface area contributed by atoms with Crippen LogP contribution in [-0.4, -0.2) is 26.1 Å². The lowest BCUT2D eigenvalue weighted by Gasteiger charge is -2.04. The molecule has 0 aliphatic carbocycles. The quantitative estimate of drug-likeness (QED) is 0.522. The number of benzene rings is 1. The van der Waals surface area contributed by atoms with Gasteiger partial charge in [0.25, 0.3) is 5.91 Å². The van der Waals surface area contributed by atoms with E-state index in [9.17, 15) is 4.79 Å². The van der Waals surface area contributed by atoms with Gasteiger partial charge in [-0.3, -0.25) is 9.89 Å². The molecule has 3 heterocycles. The van der Waals surface area contributed by atoms with E-state index in [-0.39, 0.29) is 5.91 Å².